The fourth-order valence-corrected chi connectivity index (χ4v) is 0. The smallest absolute Gasteiger partial charge is 0.300 e. The zero-order valence-electron chi connectivity index (χ0n) is 6.03. The zero-order valence-corrected chi connectivity index (χ0v) is 7.03. The molecule has 0 aliphatic rings. The number of hydrogen-bond acceptors (Lipinski definition) is 4. The van der Waals surface area contributed by atoms with Crippen molar-refractivity contribution in [3.05, 3.63) is 0 Å². The summed E-state index contributed by atoms with van der Waals surface area (Å²) in [6.07, 6.45) is 0. The fourth-order valence-electron chi connectivity index (χ4n) is 0. The number of carbonyl (C=O) groups is 2. The summed E-state index contributed by atoms with van der Waals surface area (Å²) in [7, 11) is 0. The van der Waals surface area contributed by atoms with Crippen molar-refractivity contribution < 1.29 is 28.2 Å². The molecular formula is C4H10O6S. The quantitative estimate of drug-likeness (QED) is 0.501. The molecule has 0 heterocycles. The second-order valence-electron chi connectivity index (χ2n) is 1.12. The monoisotopic (exact) mass is 186 g/mol. The second kappa shape index (κ2) is 16.0. The van der Waals surface area contributed by atoms with E-state index in [1.54, 1.807) is 0 Å². The lowest BCUT2D eigenvalue weighted by Gasteiger charge is -1.59. The standard InChI is InChI=1S/2C2H4O2.H2O2S/c2*1-2(3)4;1-3-2/h2*1H3,(H,3,4);3H2. The zero-order chi connectivity index (χ0) is 9.86. The highest BCUT2D eigenvalue weighted by Crippen LogP contribution is 1.42. The minimum atomic E-state index is -1.42. The molecule has 0 unspecified atom stereocenters. The second-order valence-corrected chi connectivity index (χ2v) is 1.29. The van der Waals surface area contributed by atoms with Gasteiger partial charge in [-0.15, -0.1) is 0 Å². The first-order chi connectivity index (χ1) is 4.88. The molecule has 0 bridgehead atoms. The molecule has 11 heavy (non-hydrogen) atoms. The highest BCUT2D eigenvalue weighted by Gasteiger charge is 1.65. The highest BCUT2D eigenvalue weighted by molar-refractivity contribution is 7.51. The predicted octanol–water partition coefficient (Wildman–Crippen LogP) is -1.02. The van der Waals surface area contributed by atoms with E-state index in [4.69, 9.17) is 28.2 Å². The third-order valence-corrected chi connectivity index (χ3v) is 0. The van der Waals surface area contributed by atoms with Crippen LogP contribution in [0.2, 0.25) is 0 Å². The molecule has 0 saturated carbocycles. The maximum Gasteiger partial charge on any atom is 0.300 e. The fraction of sp³-hybridized carbons (Fsp3) is 0.500. The van der Waals surface area contributed by atoms with Crippen LogP contribution in [0.15, 0.2) is 0 Å². The Labute approximate surface area is 66.4 Å². The summed E-state index contributed by atoms with van der Waals surface area (Å²) in [5, 5.41) is 14.8. The third kappa shape index (κ3) is 343. The summed E-state index contributed by atoms with van der Waals surface area (Å²) in [6, 6.07) is 0. The minimum Gasteiger partial charge on any atom is -0.481 e. The molecule has 0 aromatic carbocycles. The molecule has 7 heteroatoms. The molecule has 0 aliphatic carbocycles. The van der Waals surface area contributed by atoms with E-state index in [1.165, 1.54) is 0 Å². The number of aliphatic carboxylic acids is 2. The van der Waals surface area contributed by atoms with Crippen LogP contribution in [-0.2, 0) is 21.2 Å². The summed E-state index contributed by atoms with van der Waals surface area (Å²) >= 11 is -1.42. The predicted molar refractivity (Wildman–Crippen MR) is 38.3 cm³/mol. The van der Waals surface area contributed by atoms with E-state index in [-0.39, 0.29) is 0 Å². The number of carboxylic acids is 2. The van der Waals surface area contributed by atoms with Crippen LogP contribution in [0.25, 0.3) is 0 Å². The molecule has 68 valence electrons. The molecule has 0 saturated heterocycles. The molecule has 0 aliphatic heterocycles. The van der Waals surface area contributed by atoms with Crippen LogP contribution in [0.3, 0.4) is 0 Å². The Bertz CT molecular complexity index is 127. The summed E-state index contributed by atoms with van der Waals surface area (Å²) in [6.45, 7) is 2.17. The highest BCUT2D eigenvalue weighted by atomic mass is 32.1. The summed E-state index contributed by atoms with van der Waals surface area (Å²) in [4.78, 5) is 18.0. The summed E-state index contributed by atoms with van der Waals surface area (Å²) in [5.74, 6) is -1.67. The lowest BCUT2D eigenvalue weighted by Crippen LogP contribution is -1.78. The van der Waals surface area contributed by atoms with Gasteiger partial charge in [0.05, 0.1) is 0 Å². The van der Waals surface area contributed by atoms with Crippen molar-refractivity contribution in [1.29, 1.82) is 0 Å². The first kappa shape index (κ1) is 16.5. The van der Waals surface area contributed by atoms with Crippen LogP contribution >= 0.6 is 0 Å². The molecule has 0 amide bonds. The Morgan fingerprint density at radius 1 is 1.00 bits per heavy atom. The number of rotatable bonds is 0. The van der Waals surface area contributed by atoms with Crippen molar-refractivity contribution in [2.75, 3.05) is 0 Å². The van der Waals surface area contributed by atoms with E-state index in [0.29, 0.717) is 0 Å². The normalized spacial score (nSPS) is 6.00. The lowest BCUT2D eigenvalue weighted by molar-refractivity contribution is -0.135. The molecule has 0 fully saturated rings. The van der Waals surface area contributed by atoms with Crippen molar-refractivity contribution in [3.8, 4) is 0 Å². The SMILES string of the molecule is CC(=O)O.CC(=O)O.O=[SH2]=O. The van der Waals surface area contributed by atoms with E-state index < -0.39 is 23.5 Å². The van der Waals surface area contributed by atoms with Gasteiger partial charge in [0.25, 0.3) is 11.9 Å². The van der Waals surface area contributed by atoms with Crippen molar-refractivity contribution in [2.24, 2.45) is 0 Å². The Morgan fingerprint density at radius 3 is 1.00 bits per heavy atom. The van der Waals surface area contributed by atoms with Crippen LogP contribution < -0.4 is 0 Å². The van der Waals surface area contributed by atoms with Gasteiger partial charge in [0, 0.05) is 13.8 Å². The van der Waals surface area contributed by atoms with Crippen molar-refractivity contribution in [3.63, 3.8) is 0 Å². The van der Waals surface area contributed by atoms with Gasteiger partial charge in [0.15, 0.2) is 0 Å². The van der Waals surface area contributed by atoms with Gasteiger partial charge >= 0.3 is 0 Å². The first-order valence-electron chi connectivity index (χ1n) is 2.26. The molecule has 0 aromatic rings. The van der Waals surface area contributed by atoms with Crippen LogP contribution in [0.5, 0.6) is 0 Å². The van der Waals surface area contributed by atoms with Gasteiger partial charge < -0.3 is 10.2 Å². The minimum absolute atomic E-state index is 0.833. The molecule has 0 radical (unpaired) electrons. The number of hydrogen-bond donors (Lipinski definition) is 2. The molecule has 2 N–H and O–H groups in total. The maximum absolute atomic E-state index is 9.00. The van der Waals surface area contributed by atoms with Crippen molar-refractivity contribution >= 4 is 23.5 Å². The average molecular weight is 186 g/mol. The Balaban J connectivity index is -0.0000000886. The third-order valence-electron chi connectivity index (χ3n) is 0. The maximum atomic E-state index is 9.00. The topological polar surface area (TPSA) is 109 Å². The van der Waals surface area contributed by atoms with Gasteiger partial charge in [-0.25, -0.2) is 8.42 Å². The Morgan fingerprint density at radius 2 is 1.00 bits per heavy atom. The number of carboxylic acid groups (broad SMARTS) is 2. The molecule has 0 rings (SSSR count). The van der Waals surface area contributed by atoms with Gasteiger partial charge in [-0.2, -0.15) is 0 Å². The van der Waals surface area contributed by atoms with Gasteiger partial charge in [-0.05, 0) is 0 Å². The summed E-state index contributed by atoms with van der Waals surface area (Å²) < 4.78 is 16.8. The van der Waals surface area contributed by atoms with Crippen LogP contribution in [0.1, 0.15) is 13.8 Å². The van der Waals surface area contributed by atoms with Crippen LogP contribution in [0.4, 0.5) is 0 Å². The van der Waals surface area contributed by atoms with E-state index in [1.807, 2.05) is 0 Å². The van der Waals surface area contributed by atoms with Gasteiger partial charge in [-0.1, -0.05) is 0 Å². The molecule has 0 spiro atoms. The lowest BCUT2D eigenvalue weighted by atomic mass is 10.9. The van der Waals surface area contributed by atoms with E-state index >= 15 is 0 Å². The van der Waals surface area contributed by atoms with Gasteiger partial charge in [0.2, 0.25) is 0 Å². The average Bonchev–Trinajstić information content (AvgIpc) is 1.60. The first-order valence-corrected chi connectivity index (χ1v) is 3.08. The molecule has 0 atom stereocenters. The van der Waals surface area contributed by atoms with E-state index in [2.05, 4.69) is 0 Å². The van der Waals surface area contributed by atoms with Gasteiger partial charge in [-0.3, -0.25) is 9.59 Å². The van der Waals surface area contributed by atoms with Crippen molar-refractivity contribution in [1.82, 2.24) is 0 Å². The summed E-state index contributed by atoms with van der Waals surface area (Å²) in [5.41, 5.74) is 0. The van der Waals surface area contributed by atoms with Crippen LogP contribution in [0, 0.1) is 0 Å². The largest absolute Gasteiger partial charge is 0.481 e. The molecular weight excluding hydrogens is 176 g/mol. The van der Waals surface area contributed by atoms with E-state index in [0.717, 1.165) is 13.8 Å². The Hall–Kier alpha value is -1.11. The Kier molecular flexibility index (Phi) is 23.9. The molecule has 6 nitrogen and oxygen atoms in total. The van der Waals surface area contributed by atoms with E-state index in [9.17, 15) is 0 Å². The van der Waals surface area contributed by atoms with Crippen LogP contribution in [-0.4, -0.2) is 30.6 Å². The van der Waals surface area contributed by atoms with Crippen molar-refractivity contribution in [2.45, 2.75) is 13.8 Å². The molecule has 0 aromatic heterocycles. The van der Waals surface area contributed by atoms with Gasteiger partial charge in [0.1, 0.15) is 11.6 Å².